The molecule has 0 amide bonds. The summed E-state index contributed by atoms with van der Waals surface area (Å²) in [7, 11) is -3.95. The summed E-state index contributed by atoms with van der Waals surface area (Å²) in [6.45, 7) is 0. The maximum Gasteiger partial charge on any atom is 0.288 e. The van der Waals surface area contributed by atoms with E-state index in [2.05, 4.69) is 9.71 Å². The number of benzene rings is 1. The van der Waals surface area contributed by atoms with Crippen LogP contribution in [0.3, 0.4) is 0 Å². The van der Waals surface area contributed by atoms with Crippen LogP contribution >= 0.6 is 35.0 Å². The molecule has 0 bridgehead atoms. The van der Waals surface area contributed by atoms with E-state index in [4.69, 9.17) is 23.2 Å². The number of pyridine rings is 1. The van der Waals surface area contributed by atoms with E-state index in [0.717, 1.165) is 0 Å². The highest BCUT2D eigenvalue weighted by atomic mass is 35.5. The molecule has 0 aliphatic heterocycles. The van der Waals surface area contributed by atoms with Crippen molar-refractivity contribution in [2.45, 2.75) is 15.5 Å². The highest BCUT2D eigenvalue weighted by Gasteiger charge is 2.19. The molecule has 0 aliphatic carbocycles. The topological polar surface area (TPSA) is 59.1 Å². The smallest absolute Gasteiger partial charge is 0.280 e. The first kappa shape index (κ1) is 17.3. The van der Waals surface area contributed by atoms with Crippen molar-refractivity contribution in [2.75, 3.05) is 4.72 Å². The second-order valence-electron chi connectivity index (χ2n) is 3.93. The lowest BCUT2D eigenvalue weighted by atomic mass is 10.3. The number of rotatable bonds is 5. The molecule has 0 saturated carbocycles. The van der Waals surface area contributed by atoms with Crippen molar-refractivity contribution in [2.24, 2.45) is 0 Å². The zero-order valence-electron chi connectivity index (χ0n) is 10.6. The second kappa shape index (κ2) is 6.99. The van der Waals surface area contributed by atoms with Crippen LogP contribution < -0.4 is 4.72 Å². The minimum Gasteiger partial charge on any atom is -0.280 e. The first-order valence-corrected chi connectivity index (χ1v) is 8.79. The number of thioether (sulfide) groups is 1. The molecule has 1 heterocycles. The van der Waals surface area contributed by atoms with Crippen LogP contribution in [0.15, 0.2) is 46.2 Å². The molecule has 2 rings (SSSR count). The Morgan fingerprint density at radius 3 is 2.27 bits per heavy atom. The fraction of sp³-hybridized carbons (Fsp3) is 0.0833. The molecule has 1 aromatic carbocycles. The number of sulfonamides is 1. The van der Waals surface area contributed by atoms with Crippen molar-refractivity contribution >= 4 is 50.7 Å². The standard InChI is InChI=1S/C12H8Cl2F2N2O2S2/c13-10-6-5-9(11(14)17-10)22(19,20)18-7-1-3-8(4-2-7)21-12(15)16/h1-6,12,18H. The van der Waals surface area contributed by atoms with E-state index < -0.39 is 15.8 Å². The van der Waals surface area contributed by atoms with Crippen molar-refractivity contribution in [3.8, 4) is 0 Å². The Balaban J connectivity index is 2.21. The molecule has 0 aliphatic rings. The molecule has 1 aromatic heterocycles. The van der Waals surface area contributed by atoms with E-state index in [1.165, 1.54) is 36.4 Å². The van der Waals surface area contributed by atoms with Gasteiger partial charge in [0.15, 0.2) is 5.15 Å². The minimum atomic E-state index is -3.95. The van der Waals surface area contributed by atoms with Gasteiger partial charge in [0.2, 0.25) is 0 Å². The SMILES string of the molecule is O=S(=O)(Nc1ccc(SC(F)F)cc1)c1ccc(Cl)nc1Cl. The molecule has 0 radical (unpaired) electrons. The van der Waals surface area contributed by atoms with Crippen molar-refractivity contribution in [1.29, 1.82) is 0 Å². The largest absolute Gasteiger partial charge is 0.288 e. The second-order valence-corrected chi connectivity index (χ2v) is 7.39. The number of hydrogen-bond donors (Lipinski definition) is 1. The average Bonchev–Trinajstić information content (AvgIpc) is 2.39. The number of nitrogens with one attached hydrogen (secondary N) is 1. The van der Waals surface area contributed by atoms with E-state index in [9.17, 15) is 17.2 Å². The lowest BCUT2D eigenvalue weighted by Crippen LogP contribution is -2.13. The van der Waals surface area contributed by atoms with Crippen LogP contribution in [0, 0.1) is 0 Å². The summed E-state index contributed by atoms with van der Waals surface area (Å²) in [5, 5.41) is -0.192. The van der Waals surface area contributed by atoms with Gasteiger partial charge < -0.3 is 0 Å². The Labute approximate surface area is 139 Å². The molecule has 4 nitrogen and oxygen atoms in total. The summed E-state index contributed by atoms with van der Waals surface area (Å²) in [4.78, 5) is 3.74. The Kier molecular flexibility index (Phi) is 5.49. The predicted molar refractivity (Wildman–Crippen MR) is 83.4 cm³/mol. The third kappa shape index (κ3) is 4.45. The van der Waals surface area contributed by atoms with E-state index in [0.29, 0.717) is 16.7 Å². The summed E-state index contributed by atoms with van der Waals surface area (Å²) < 4.78 is 51.1. The number of hydrogen-bond acceptors (Lipinski definition) is 4. The molecule has 0 atom stereocenters. The number of anilines is 1. The lowest BCUT2D eigenvalue weighted by molar-refractivity contribution is 0.252. The van der Waals surface area contributed by atoms with Gasteiger partial charge in [0.1, 0.15) is 10.0 Å². The molecule has 0 unspecified atom stereocenters. The molecule has 0 saturated heterocycles. The summed E-state index contributed by atoms with van der Waals surface area (Å²) in [6.07, 6.45) is 0. The molecule has 118 valence electrons. The van der Waals surface area contributed by atoms with Gasteiger partial charge in [-0.2, -0.15) is 8.78 Å². The van der Waals surface area contributed by atoms with Crippen LogP contribution in [0.1, 0.15) is 0 Å². The third-order valence-corrected chi connectivity index (χ3v) is 5.15. The Hall–Kier alpha value is -1.09. The predicted octanol–water partition coefficient (Wildman–Crippen LogP) is 4.50. The molecule has 0 fully saturated rings. The third-order valence-electron chi connectivity index (χ3n) is 2.40. The molecule has 1 N–H and O–H groups in total. The highest BCUT2D eigenvalue weighted by Crippen LogP contribution is 2.28. The molecular weight excluding hydrogens is 377 g/mol. The van der Waals surface area contributed by atoms with Crippen molar-refractivity contribution in [1.82, 2.24) is 4.98 Å². The fourth-order valence-corrected chi connectivity index (χ4v) is 3.73. The van der Waals surface area contributed by atoms with Gasteiger partial charge in [0, 0.05) is 10.6 Å². The van der Waals surface area contributed by atoms with Gasteiger partial charge in [-0.15, -0.1) is 0 Å². The van der Waals surface area contributed by atoms with E-state index >= 15 is 0 Å². The number of halogens is 4. The van der Waals surface area contributed by atoms with Gasteiger partial charge in [-0.1, -0.05) is 35.0 Å². The number of aromatic nitrogens is 1. The lowest BCUT2D eigenvalue weighted by Gasteiger charge is -2.09. The summed E-state index contributed by atoms with van der Waals surface area (Å²) in [6, 6.07) is 8.04. The van der Waals surface area contributed by atoms with Gasteiger partial charge in [-0.05, 0) is 36.4 Å². The highest BCUT2D eigenvalue weighted by molar-refractivity contribution is 7.99. The number of alkyl halides is 2. The monoisotopic (exact) mass is 384 g/mol. The zero-order chi connectivity index (χ0) is 16.3. The van der Waals surface area contributed by atoms with E-state index in [-0.39, 0.29) is 20.9 Å². The van der Waals surface area contributed by atoms with Crippen LogP contribution in [0.5, 0.6) is 0 Å². The van der Waals surface area contributed by atoms with Gasteiger partial charge in [0.25, 0.3) is 15.8 Å². The van der Waals surface area contributed by atoms with Gasteiger partial charge in [0.05, 0.1) is 0 Å². The molecule has 22 heavy (non-hydrogen) atoms. The van der Waals surface area contributed by atoms with Crippen molar-refractivity contribution in [3.63, 3.8) is 0 Å². The van der Waals surface area contributed by atoms with E-state index in [1.807, 2.05) is 0 Å². The maximum absolute atomic E-state index is 12.2. The van der Waals surface area contributed by atoms with Crippen LogP contribution in [-0.2, 0) is 10.0 Å². The quantitative estimate of drug-likeness (QED) is 0.608. The Bertz CT molecular complexity index is 771. The first-order chi connectivity index (χ1) is 10.3. The van der Waals surface area contributed by atoms with Gasteiger partial charge in [-0.3, -0.25) is 4.72 Å². The summed E-state index contributed by atoms with van der Waals surface area (Å²) >= 11 is 11.7. The maximum atomic E-state index is 12.2. The summed E-state index contributed by atoms with van der Waals surface area (Å²) in [5.41, 5.74) is 0.213. The summed E-state index contributed by atoms with van der Waals surface area (Å²) in [5.74, 6) is -2.54. The van der Waals surface area contributed by atoms with Crippen LogP contribution in [0.25, 0.3) is 0 Å². The van der Waals surface area contributed by atoms with Crippen molar-refractivity contribution in [3.05, 3.63) is 46.7 Å². The molecule has 2 aromatic rings. The average molecular weight is 385 g/mol. The first-order valence-electron chi connectivity index (χ1n) is 5.68. The fourth-order valence-electron chi connectivity index (χ4n) is 1.51. The Morgan fingerprint density at radius 2 is 1.73 bits per heavy atom. The van der Waals surface area contributed by atoms with Crippen LogP contribution in [-0.4, -0.2) is 19.2 Å². The zero-order valence-corrected chi connectivity index (χ0v) is 13.8. The normalized spacial score (nSPS) is 11.7. The van der Waals surface area contributed by atoms with Crippen LogP contribution in [0.2, 0.25) is 10.3 Å². The molecule has 0 spiro atoms. The van der Waals surface area contributed by atoms with Crippen LogP contribution in [0.4, 0.5) is 14.5 Å². The van der Waals surface area contributed by atoms with Gasteiger partial charge >= 0.3 is 0 Å². The molecular formula is C12H8Cl2F2N2O2S2. The van der Waals surface area contributed by atoms with E-state index in [1.54, 1.807) is 0 Å². The van der Waals surface area contributed by atoms with Gasteiger partial charge in [-0.25, -0.2) is 13.4 Å². The van der Waals surface area contributed by atoms with Crippen molar-refractivity contribution < 1.29 is 17.2 Å². The minimum absolute atomic E-state index is 0.0670. The Morgan fingerprint density at radius 1 is 1.09 bits per heavy atom. The number of nitrogens with zero attached hydrogens (tertiary/aromatic N) is 1. The molecule has 10 heteroatoms.